The van der Waals surface area contributed by atoms with E-state index < -0.39 is 0 Å². The summed E-state index contributed by atoms with van der Waals surface area (Å²) in [6.45, 7) is 2.98. The summed E-state index contributed by atoms with van der Waals surface area (Å²) in [5, 5.41) is 14.8. The number of carbonyl (C=O) groups excluding carboxylic acids is 2. The van der Waals surface area contributed by atoms with E-state index in [0.717, 1.165) is 45.2 Å². The Morgan fingerprint density at radius 3 is 2.75 bits per heavy atom. The van der Waals surface area contributed by atoms with E-state index in [9.17, 15) is 9.59 Å². The van der Waals surface area contributed by atoms with E-state index in [1.807, 2.05) is 0 Å². The molecule has 0 aromatic rings. The zero-order valence-corrected chi connectivity index (χ0v) is 11.9. The molecule has 1 unspecified atom stereocenters. The average Bonchev–Trinajstić information content (AvgIpc) is 2.65. The van der Waals surface area contributed by atoms with Crippen molar-refractivity contribution in [3.05, 3.63) is 0 Å². The Kier molecular flexibility index (Phi) is 5.79. The first-order chi connectivity index (χ1) is 9.69. The van der Waals surface area contributed by atoms with E-state index in [4.69, 9.17) is 5.11 Å². The van der Waals surface area contributed by atoms with E-state index in [2.05, 4.69) is 15.5 Å². The number of likely N-dealkylation sites (tertiary alicyclic amines) is 1. The smallest absolute Gasteiger partial charge is 0.242 e. The van der Waals surface area contributed by atoms with Gasteiger partial charge in [0.2, 0.25) is 11.8 Å². The van der Waals surface area contributed by atoms with Crippen LogP contribution in [0.5, 0.6) is 0 Å². The van der Waals surface area contributed by atoms with Gasteiger partial charge in [0.15, 0.2) is 0 Å². The number of hydrogen-bond acceptors (Lipinski definition) is 4. The van der Waals surface area contributed by atoms with E-state index in [0.29, 0.717) is 19.0 Å². The summed E-state index contributed by atoms with van der Waals surface area (Å²) in [6.07, 6.45) is 4.55. The Morgan fingerprint density at radius 1 is 1.30 bits per heavy atom. The fourth-order valence-electron chi connectivity index (χ4n) is 2.85. The molecule has 20 heavy (non-hydrogen) atoms. The minimum atomic E-state index is -0.375. The third-order valence-electron chi connectivity index (χ3n) is 4.20. The molecule has 0 aliphatic carbocycles. The van der Waals surface area contributed by atoms with Crippen LogP contribution in [0.1, 0.15) is 32.1 Å². The fourth-order valence-corrected chi connectivity index (χ4v) is 2.85. The minimum Gasteiger partial charge on any atom is -0.396 e. The molecule has 2 saturated heterocycles. The van der Waals surface area contributed by atoms with Crippen molar-refractivity contribution in [2.24, 2.45) is 5.92 Å². The van der Waals surface area contributed by atoms with Gasteiger partial charge in [0.05, 0.1) is 6.54 Å². The highest BCUT2D eigenvalue weighted by molar-refractivity contribution is 5.88. The number of carbonyl (C=O) groups is 2. The number of aliphatic hydroxyl groups excluding tert-OH is 1. The van der Waals surface area contributed by atoms with Crippen molar-refractivity contribution in [3.63, 3.8) is 0 Å². The molecule has 2 fully saturated rings. The Bertz CT molecular complexity index is 341. The Morgan fingerprint density at radius 2 is 2.05 bits per heavy atom. The lowest BCUT2D eigenvalue weighted by molar-refractivity contribution is -0.129. The number of amides is 2. The SMILES string of the molecule is O=C(CN1CCC(CO)CC1)NC1CCCCNC1=O. The van der Waals surface area contributed by atoms with Crippen molar-refractivity contribution < 1.29 is 14.7 Å². The lowest BCUT2D eigenvalue weighted by atomic mass is 9.98. The zero-order chi connectivity index (χ0) is 14.4. The van der Waals surface area contributed by atoms with Crippen LogP contribution in [0.25, 0.3) is 0 Å². The number of rotatable bonds is 4. The number of nitrogens with zero attached hydrogens (tertiary/aromatic N) is 1. The van der Waals surface area contributed by atoms with Crippen LogP contribution in [0.15, 0.2) is 0 Å². The first-order valence-electron chi connectivity index (χ1n) is 7.59. The van der Waals surface area contributed by atoms with E-state index in [-0.39, 0.29) is 24.5 Å². The molecule has 2 heterocycles. The monoisotopic (exact) mass is 283 g/mol. The van der Waals surface area contributed by atoms with Crippen molar-refractivity contribution in [2.75, 3.05) is 32.8 Å². The highest BCUT2D eigenvalue weighted by Crippen LogP contribution is 2.15. The van der Waals surface area contributed by atoms with Crippen LogP contribution in [0.2, 0.25) is 0 Å². The number of hydrogen-bond donors (Lipinski definition) is 3. The molecule has 0 bridgehead atoms. The summed E-state index contributed by atoms with van der Waals surface area (Å²) in [7, 11) is 0. The molecule has 2 aliphatic heterocycles. The van der Waals surface area contributed by atoms with Crippen molar-refractivity contribution in [1.82, 2.24) is 15.5 Å². The third-order valence-corrected chi connectivity index (χ3v) is 4.20. The molecule has 0 radical (unpaired) electrons. The highest BCUT2D eigenvalue weighted by atomic mass is 16.3. The molecule has 0 saturated carbocycles. The predicted molar refractivity (Wildman–Crippen MR) is 75.0 cm³/mol. The molecule has 6 nitrogen and oxygen atoms in total. The highest BCUT2D eigenvalue weighted by Gasteiger charge is 2.24. The maximum Gasteiger partial charge on any atom is 0.242 e. The van der Waals surface area contributed by atoms with Gasteiger partial charge in [-0.05, 0) is 51.1 Å². The van der Waals surface area contributed by atoms with E-state index in [1.54, 1.807) is 0 Å². The topological polar surface area (TPSA) is 81.7 Å². The largest absolute Gasteiger partial charge is 0.396 e. The maximum atomic E-state index is 12.0. The first kappa shape index (κ1) is 15.3. The van der Waals surface area contributed by atoms with Crippen LogP contribution < -0.4 is 10.6 Å². The Balaban J connectivity index is 1.73. The molecule has 2 rings (SSSR count). The lowest BCUT2D eigenvalue weighted by Crippen LogP contribution is -2.49. The molecule has 6 heteroatoms. The first-order valence-corrected chi connectivity index (χ1v) is 7.59. The van der Waals surface area contributed by atoms with E-state index in [1.165, 1.54) is 0 Å². The second kappa shape index (κ2) is 7.59. The van der Waals surface area contributed by atoms with Crippen LogP contribution >= 0.6 is 0 Å². The predicted octanol–water partition coefficient (Wildman–Crippen LogP) is -0.524. The molecular formula is C14H25N3O3. The average molecular weight is 283 g/mol. The van der Waals surface area contributed by atoms with Gasteiger partial charge in [0.1, 0.15) is 6.04 Å². The van der Waals surface area contributed by atoms with Gasteiger partial charge < -0.3 is 15.7 Å². The standard InChI is InChI=1S/C14H25N3O3/c18-10-11-4-7-17(8-5-11)9-13(19)16-12-3-1-2-6-15-14(12)20/h11-12,18H,1-10H2,(H,15,20)(H,16,19). The van der Waals surface area contributed by atoms with Crippen LogP contribution in [-0.2, 0) is 9.59 Å². The van der Waals surface area contributed by atoms with Gasteiger partial charge in [-0.1, -0.05) is 0 Å². The number of aliphatic hydroxyl groups is 1. The number of nitrogens with one attached hydrogen (secondary N) is 2. The van der Waals surface area contributed by atoms with Crippen molar-refractivity contribution in [1.29, 1.82) is 0 Å². The van der Waals surface area contributed by atoms with Gasteiger partial charge in [-0.15, -0.1) is 0 Å². The molecule has 0 aromatic carbocycles. The summed E-state index contributed by atoms with van der Waals surface area (Å²) in [4.78, 5) is 25.9. The van der Waals surface area contributed by atoms with Gasteiger partial charge in [-0.2, -0.15) is 0 Å². The van der Waals surface area contributed by atoms with Crippen LogP contribution in [0, 0.1) is 5.92 Å². The van der Waals surface area contributed by atoms with Gasteiger partial charge in [0, 0.05) is 13.2 Å². The molecule has 0 aromatic heterocycles. The molecule has 2 aliphatic rings. The summed E-state index contributed by atoms with van der Waals surface area (Å²) in [5.74, 6) is 0.242. The minimum absolute atomic E-state index is 0.0603. The third kappa shape index (κ3) is 4.45. The zero-order valence-electron chi connectivity index (χ0n) is 11.9. The van der Waals surface area contributed by atoms with Crippen molar-refractivity contribution in [2.45, 2.75) is 38.1 Å². The molecule has 3 N–H and O–H groups in total. The normalized spacial score (nSPS) is 25.9. The lowest BCUT2D eigenvalue weighted by Gasteiger charge is -2.30. The quantitative estimate of drug-likeness (QED) is 0.648. The molecule has 2 amide bonds. The summed E-state index contributed by atoms with van der Waals surface area (Å²) < 4.78 is 0. The Labute approximate surface area is 119 Å². The second-order valence-corrected chi connectivity index (χ2v) is 5.81. The molecular weight excluding hydrogens is 258 g/mol. The van der Waals surface area contributed by atoms with Crippen molar-refractivity contribution in [3.8, 4) is 0 Å². The Hall–Kier alpha value is -1.14. The van der Waals surface area contributed by atoms with Gasteiger partial charge in [-0.25, -0.2) is 0 Å². The van der Waals surface area contributed by atoms with Crippen LogP contribution in [0.3, 0.4) is 0 Å². The van der Waals surface area contributed by atoms with Crippen LogP contribution in [0.4, 0.5) is 0 Å². The molecule has 114 valence electrons. The number of piperidine rings is 1. The van der Waals surface area contributed by atoms with Crippen LogP contribution in [-0.4, -0.2) is 60.6 Å². The molecule has 0 spiro atoms. The maximum absolute atomic E-state index is 12.0. The second-order valence-electron chi connectivity index (χ2n) is 5.81. The molecule has 1 atom stereocenters. The van der Waals surface area contributed by atoms with Crippen molar-refractivity contribution >= 4 is 11.8 Å². The summed E-state index contributed by atoms with van der Waals surface area (Å²) in [6, 6.07) is -0.375. The van der Waals surface area contributed by atoms with Gasteiger partial charge in [0.25, 0.3) is 0 Å². The summed E-state index contributed by atoms with van der Waals surface area (Å²) in [5.41, 5.74) is 0. The van der Waals surface area contributed by atoms with Gasteiger partial charge in [-0.3, -0.25) is 14.5 Å². The van der Waals surface area contributed by atoms with Gasteiger partial charge >= 0.3 is 0 Å². The fraction of sp³-hybridized carbons (Fsp3) is 0.857. The van der Waals surface area contributed by atoms with E-state index >= 15 is 0 Å². The summed E-state index contributed by atoms with van der Waals surface area (Å²) >= 11 is 0.